The number of halogens is 2. The fourth-order valence-electron chi connectivity index (χ4n) is 1.43. The van der Waals surface area contributed by atoms with Crippen molar-refractivity contribution < 1.29 is 23.7 Å². The maximum absolute atomic E-state index is 13.3. The van der Waals surface area contributed by atoms with Crippen LogP contribution in [0.25, 0.3) is 0 Å². The molecule has 0 aliphatic heterocycles. The normalized spacial score (nSPS) is 12.7. The second-order valence-corrected chi connectivity index (χ2v) is 3.72. The molecule has 0 heterocycles. The van der Waals surface area contributed by atoms with Crippen molar-refractivity contribution in [3.05, 3.63) is 35.4 Å². The van der Waals surface area contributed by atoms with Crippen LogP contribution in [0.5, 0.6) is 0 Å². The Bertz CT molecular complexity index is 363. The minimum atomic E-state index is -1.04. The van der Waals surface area contributed by atoms with Gasteiger partial charge in [-0.05, 0) is 6.07 Å². The molecule has 0 saturated heterocycles. The van der Waals surface area contributed by atoms with E-state index in [1.165, 1.54) is 6.07 Å². The van der Waals surface area contributed by atoms with Crippen LogP contribution >= 0.6 is 0 Å². The Morgan fingerprint density at radius 3 is 2.72 bits per heavy atom. The third-order valence-corrected chi connectivity index (χ3v) is 2.32. The smallest absolute Gasteiger partial charge is 0.131 e. The van der Waals surface area contributed by atoms with Crippen LogP contribution in [0.3, 0.4) is 0 Å². The van der Waals surface area contributed by atoms with Crippen LogP contribution < -0.4 is 5.32 Å². The first-order valence-electron chi connectivity index (χ1n) is 5.67. The Balaban J connectivity index is 2.29. The molecule has 0 saturated carbocycles. The van der Waals surface area contributed by atoms with Gasteiger partial charge in [0, 0.05) is 24.7 Å². The quantitative estimate of drug-likeness (QED) is 0.600. The van der Waals surface area contributed by atoms with Gasteiger partial charge in [-0.2, -0.15) is 0 Å². The molecule has 1 rings (SSSR count). The van der Waals surface area contributed by atoms with Crippen molar-refractivity contribution in [2.24, 2.45) is 0 Å². The van der Waals surface area contributed by atoms with Gasteiger partial charge in [-0.3, -0.25) is 0 Å². The molecule has 6 heteroatoms. The molecule has 4 nitrogen and oxygen atoms in total. The van der Waals surface area contributed by atoms with Crippen LogP contribution in [0.1, 0.15) is 11.7 Å². The first-order chi connectivity index (χ1) is 8.65. The lowest BCUT2D eigenvalue weighted by Crippen LogP contribution is -2.26. The summed E-state index contributed by atoms with van der Waals surface area (Å²) in [5.74, 6) is -1.44. The van der Waals surface area contributed by atoms with Crippen LogP contribution in [0, 0.1) is 11.6 Å². The molecule has 0 aliphatic carbocycles. The molecule has 3 N–H and O–H groups in total. The fourth-order valence-corrected chi connectivity index (χ4v) is 1.43. The van der Waals surface area contributed by atoms with Gasteiger partial charge in [-0.1, -0.05) is 6.07 Å². The SMILES string of the molecule is OCCOCCNCC(O)c1ccc(F)cc1F. The number of rotatable bonds is 8. The zero-order valence-electron chi connectivity index (χ0n) is 9.90. The van der Waals surface area contributed by atoms with Crippen molar-refractivity contribution in [3.63, 3.8) is 0 Å². The maximum atomic E-state index is 13.3. The highest BCUT2D eigenvalue weighted by molar-refractivity contribution is 5.21. The van der Waals surface area contributed by atoms with Crippen LogP contribution in [-0.2, 0) is 4.74 Å². The van der Waals surface area contributed by atoms with Gasteiger partial charge in [0.1, 0.15) is 11.6 Å². The molecule has 1 atom stereocenters. The summed E-state index contributed by atoms with van der Waals surface area (Å²) < 4.78 is 31.0. The summed E-state index contributed by atoms with van der Waals surface area (Å²) in [6.45, 7) is 1.23. The first kappa shape index (κ1) is 15.0. The molecule has 102 valence electrons. The third-order valence-electron chi connectivity index (χ3n) is 2.32. The van der Waals surface area contributed by atoms with Gasteiger partial charge in [0.15, 0.2) is 0 Å². The molecule has 1 aromatic rings. The van der Waals surface area contributed by atoms with E-state index in [0.717, 1.165) is 12.1 Å². The Hall–Kier alpha value is -1.08. The van der Waals surface area contributed by atoms with Crippen LogP contribution in [0.2, 0.25) is 0 Å². The third kappa shape index (κ3) is 5.05. The Labute approximate surface area is 104 Å². The Morgan fingerprint density at radius 2 is 2.06 bits per heavy atom. The maximum Gasteiger partial charge on any atom is 0.131 e. The number of benzene rings is 1. The van der Waals surface area contributed by atoms with Crippen molar-refractivity contribution in [1.29, 1.82) is 0 Å². The number of hydrogen-bond acceptors (Lipinski definition) is 4. The standard InChI is InChI=1S/C12H17F2NO3/c13-9-1-2-10(11(14)7-9)12(17)8-15-3-5-18-6-4-16/h1-2,7,12,15-17H,3-6,8H2. The monoisotopic (exact) mass is 261 g/mol. The lowest BCUT2D eigenvalue weighted by atomic mass is 10.1. The molecule has 18 heavy (non-hydrogen) atoms. The van der Waals surface area contributed by atoms with E-state index in [1.807, 2.05) is 0 Å². The second-order valence-electron chi connectivity index (χ2n) is 3.72. The number of nitrogens with one attached hydrogen (secondary N) is 1. The lowest BCUT2D eigenvalue weighted by molar-refractivity contribution is 0.0908. The van der Waals surface area contributed by atoms with Gasteiger partial charge in [0.2, 0.25) is 0 Å². The minimum absolute atomic E-state index is 0.0383. The molecule has 0 spiro atoms. The number of aliphatic hydroxyl groups is 2. The first-order valence-corrected chi connectivity index (χ1v) is 5.67. The van der Waals surface area contributed by atoms with Gasteiger partial charge in [-0.15, -0.1) is 0 Å². The van der Waals surface area contributed by atoms with E-state index in [0.29, 0.717) is 13.2 Å². The Morgan fingerprint density at radius 1 is 1.28 bits per heavy atom. The summed E-state index contributed by atoms with van der Waals surface area (Å²) in [4.78, 5) is 0. The molecule has 1 aromatic carbocycles. The largest absolute Gasteiger partial charge is 0.394 e. The summed E-state index contributed by atoms with van der Waals surface area (Å²) >= 11 is 0. The molecule has 0 fully saturated rings. The van der Waals surface area contributed by atoms with Crippen molar-refractivity contribution in [1.82, 2.24) is 5.32 Å². The van der Waals surface area contributed by atoms with Crippen LogP contribution in [0.15, 0.2) is 18.2 Å². The van der Waals surface area contributed by atoms with E-state index in [4.69, 9.17) is 9.84 Å². The van der Waals surface area contributed by atoms with E-state index < -0.39 is 17.7 Å². The average molecular weight is 261 g/mol. The highest BCUT2D eigenvalue weighted by Gasteiger charge is 2.12. The van der Waals surface area contributed by atoms with E-state index in [9.17, 15) is 13.9 Å². The predicted molar refractivity (Wildman–Crippen MR) is 62.1 cm³/mol. The molecule has 0 amide bonds. The average Bonchev–Trinajstić information content (AvgIpc) is 2.33. The van der Waals surface area contributed by atoms with Gasteiger partial charge >= 0.3 is 0 Å². The molecular formula is C12H17F2NO3. The molecule has 0 aromatic heterocycles. The molecular weight excluding hydrogens is 244 g/mol. The summed E-state index contributed by atoms with van der Waals surface area (Å²) in [7, 11) is 0. The van der Waals surface area contributed by atoms with Crippen molar-refractivity contribution in [3.8, 4) is 0 Å². The lowest BCUT2D eigenvalue weighted by Gasteiger charge is -2.13. The summed E-state index contributed by atoms with van der Waals surface area (Å²) in [5, 5.41) is 21.0. The molecule has 0 bridgehead atoms. The zero-order chi connectivity index (χ0) is 13.4. The number of aliphatic hydroxyl groups excluding tert-OH is 2. The molecule has 0 radical (unpaired) electrons. The van der Waals surface area contributed by atoms with Crippen LogP contribution in [0.4, 0.5) is 8.78 Å². The van der Waals surface area contributed by atoms with Crippen LogP contribution in [-0.4, -0.2) is 43.1 Å². The van der Waals surface area contributed by atoms with Gasteiger partial charge in [0.05, 0.1) is 25.9 Å². The van der Waals surface area contributed by atoms with Gasteiger partial charge in [0.25, 0.3) is 0 Å². The number of hydrogen-bond donors (Lipinski definition) is 3. The molecule has 0 aliphatic rings. The van der Waals surface area contributed by atoms with Crippen molar-refractivity contribution in [2.75, 3.05) is 32.9 Å². The second kappa shape index (κ2) is 8.10. The number of ether oxygens (including phenoxy) is 1. The Kier molecular flexibility index (Phi) is 6.74. The molecule has 1 unspecified atom stereocenters. The summed E-state index contributed by atoms with van der Waals surface area (Å²) in [6.07, 6.45) is -1.04. The van der Waals surface area contributed by atoms with E-state index in [2.05, 4.69) is 5.32 Å². The van der Waals surface area contributed by atoms with Gasteiger partial charge in [-0.25, -0.2) is 8.78 Å². The van der Waals surface area contributed by atoms with E-state index in [1.54, 1.807) is 0 Å². The van der Waals surface area contributed by atoms with E-state index in [-0.39, 0.29) is 25.3 Å². The van der Waals surface area contributed by atoms with Gasteiger partial charge < -0.3 is 20.3 Å². The minimum Gasteiger partial charge on any atom is -0.394 e. The highest BCUT2D eigenvalue weighted by Crippen LogP contribution is 2.17. The van der Waals surface area contributed by atoms with Crippen molar-refractivity contribution in [2.45, 2.75) is 6.10 Å². The summed E-state index contributed by atoms with van der Waals surface area (Å²) in [6, 6.07) is 3.06. The highest BCUT2D eigenvalue weighted by atomic mass is 19.1. The summed E-state index contributed by atoms with van der Waals surface area (Å²) in [5.41, 5.74) is 0.0557. The topological polar surface area (TPSA) is 61.7 Å². The fraction of sp³-hybridized carbons (Fsp3) is 0.500. The van der Waals surface area contributed by atoms with Crippen molar-refractivity contribution >= 4 is 0 Å². The zero-order valence-corrected chi connectivity index (χ0v) is 9.90. The predicted octanol–water partition coefficient (Wildman–Crippen LogP) is 0.597. The van der Waals surface area contributed by atoms with E-state index >= 15 is 0 Å².